The van der Waals surface area contributed by atoms with Crippen LogP contribution in [0.3, 0.4) is 0 Å². The van der Waals surface area contributed by atoms with Crippen LogP contribution in [0.2, 0.25) is 0 Å². The van der Waals surface area contributed by atoms with E-state index in [9.17, 15) is 22.8 Å². The Bertz CT molecular complexity index is 1410. The van der Waals surface area contributed by atoms with E-state index in [2.05, 4.69) is 20.7 Å². The first-order chi connectivity index (χ1) is 18.6. The van der Waals surface area contributed by atoms with E-state index >= 15 is 0 Å². The highest BCUT2D eigenvalue weighted by Gasteiger charge is 2.52. The zero-order chi connectivity index (χ0) is 27.6. The molecule has 2 aliphatic heterocycles. The van der Waals surface area contributed by atoms with Crippen LogP contribution in [0.4, 0.5) is 13.2 Å². The SMILES string of the molecule is Cl.Cl.N#Cc1ccc(Cn2cncc2CN2CCC3(CC2)CC(=O)N(Cc2cccc(OC(F)(F)F)c2)C3=O)cc1. The number of nitriles is 1. The first-order valence-corrected chi connectivity index (χ1v) is 12.5. The number of likely N-dealkylation sites (tertiary alicyclic amines) is 2. The van der Waals surface area contributed by atoms with Crippen LogP contribution in [0.25, 0.3) is 0 Å². The van der Waals surface area contributed by atoms with E-state index in [4.69, 9.17) is 5.26 Å². The summed E-state index contributed by atoms with van der Waals surface area (Å²) in [6.07, 6.45) is -0.0855. The first-order valence-electron chi connectivity index (χ1n) is 12.5. The number of alkyl halides is 3. The topological polar surface area (TPSA) is 91.5 Å². The summed E-state index contributed by atoms with van der Waals surface area (Å²) in [6, 6.07) is 14.9. The minimum Gasteiger partial charge on any atom is -0.406 e. The summed E-state index contributed by atoms with van der Waals surface area (Å²) < 4.78 is 43.7. The Kier molecular flexibility index (Phi) is 10.1. The van der Waals surface area contributed by atoms with Crippen molar-refractivity contribution in [2.24, 2.45) is 5.41 Å². The molecule has 2 fully saturated rings. The maximum atomic E-state index is 13.4. The number of rotatable bonds is 7. The van der Waals surface area contributed by atoms with Gasteiger partial charge in [-0.25, -0.2) is 4.98 Å². The maximum Gasteiger partial charge on any atom is 0.573 e. The predicted octanol–water partition coefficient (Wildman–Crippen LogP) is 5.09. The lowest BCUT2D eigenvalue weighted by molar-refractivity contribution is -0.274. The summed E-state index contributed by atoms with van der Waals surface area (Å²) in [4.78, 5) is 33.9. The summed E-state index contributed by atoms with van der Waals surface area (Å²) in [7, 11) is 0. The Morgan fingerprint density at radius 3 is 2.34 bits per heavy atom. The fourth-order valence-electron chi connectivity index (χ4n) is 5.31. The van der Waals surface area contributed by atoms with Crippen LogP contribution in [0.5, 0.6) is 5.75 Å². The van der Waals surface area contributed by atoms with Gasteiger partial charge in [-0.05, 0) is 61.3 Å². The fraction of sp³-hybridized carbons (Fsp3) is 0.357. The molecule has 41 heavy (non-hydrogen) atoms. The molecule has 0 unspecified atom stereocenters. The van der Waals surface area contributed by atoms with Gasteiger partial charge in [0.25, 0.3) is 0 Å². The number of amides is 2. The van der Waals surface area contributed by atoms with E-state index in [1.165, 1.54) is 18.2 Å². The first kappa shape index (κ1) is 31.9. The fourth-order valence-corrected chi connectivity index (χ4v) is 5.31. The highest BCUT2D eigenvalue weighted by atomic mass is 35.5. The molecule has 2 saturated heterocycles. The molecule has 2 amide bonds. The van der Waals surface area contributed by atoms with Crippen molar-refractivity contribution in [3.8, 4) is 11.8 Å². The molecule has 0 N–H and O–H groups in total. The smallest absolute Gasteiger partial charge is 0.406 e. The highest BCUT2D eigenvalue weighted by molar-refractivity contribution is 6.05. The number of imide groups is 1. The second kappa shape index (κ2) is 12.9. The van der Waals surface area contributed by atoms with E-state index in [1.807, 2.05) is 22.9 Å². The van der Waals surface area contributed by atoms with Crippen molar-refractivity contribution in [2.75, 3.05) is 13.1 Å². The van der Waals surface area contributed by atoms with Gasteiger partial charge >= 0.3 is 6.36 Å². The molecule has 2 aliphatic rings. The van der Waals surface area contributed by atoms with Crippen LogP contribution in [-0.2, 0) is 29.2 Å². The molecule has 0 bridgehead atoms. The molecule has 3 heterocycles. The number of hydrogen-bond donors (Lipinski definition) is 0. The van der Waals surface area contributed by atoms with Gasteiger partial charge in [0.15, 0.2) is 0 Å². The Labute approximate surface area is 247 Å². The molecular formula is C28H28Cl2F3N5O3. The van der Waals surface area contributed by atoms with Gasteiger partial charge in [0.2, 0.25) is 11.8 Å². The number of aromatic nitrogens is 2. The van der Waals surface area contributed by atoms with Gasteiger partial charge in [-0.1, -0.05) is 24.3 Å². The van der Waals surface area contributed by atoms with Crippen molar-refractivity contribution < 1.29 is 27.5 Å². The number of ether oxygens (including phenoxy) is 1. The van der Waals surface area contributed by atoms with Gasteiger partial charge < -0.3 is 9.30 Å². The summed E-state index contributed by atoms with van der Waals surface area (Å²) in [6.45, 7) is 2.43. The lowest BCUT2D eigenvalue weighted by atomic mass is 9.77. The summed E-state index contributed by atoms with van der Waals surface area (Å²) in [5.74, 6) is -0.961. The van der Waals surface area contributed by atoms with E-state index in [1.54, 1.807) is 24.5 Å². The summed E-state index contributed by atoms with van der Waals surface area (Å²) in [5, 5.41) is 8.99. The molecule has 1 spiro atoms. The predicted molar refractivity (Wildman–Crippen MR) is 147 cm³/mol. The molecule has 0 radical (unpaired) electrons. The Morgan fingerprint density at radius 2 is 1.68 bits per heavy atom. The number of hydrogen-bond acceptors (Lipinski definition) is 6. The zero-order valence-electron chi connectivity index (χ0n) is 21.8. The largest absolute Gasteiger partial charge is 0.573 e. The van der Waals surface area contributed by atoms with Gasteiger partial charge in [-0.2, -0.15) is 5.26 Å². The normalized spacial score (nSPS) is 16.7. The lowest BCUT2D eigenvalue weighted by Crippen LogP contribution is -2.44. The molecule has 2 aromatic carbocycles. The van der Waals surface area contributed by atoms with Gasteiger partial charge in [0, 0.05) is 25.7 Å². The van der Waals surface area contributed by atoms with E-state index in [0.29, 0.717) is 50.1 Å². The minimum atomic E-state index is -4.82. The Morgan fingerprint density at radius 1 is 0.976 bits per heavy atom. The van der Waals surface area contributed by atoms with Gasteiger partial charge in [0.05, 0.1) is 35.6 Å². The standard InChI is InChI=1S/C28H26F3N5O3.2ClH/c29-28(30,31)39-24-3-1-2-22(12-24)17-36-25(37)13-27(26(36)38)8-10-34(11-9-27)18-23-15-33-19-35(23)16-21-6-4-20(14-32)5-7-21;;/h1-7,12,15,19H,8-11,13,16-18H2;2*1H. The Balaban J connectivity index is 0.00000231. The van der Waals surface area contributed by atoms with Gasteiger partial charge in [-0.15, -0.1) is 38.0 Å². The average molecular weight is 610 g/mol. The lowest BCUT2D eigenvalue weighted by Gasteiger charge is -2.37. The second-order valence-electron chi connectivity index (χ2n) is 10.0. The molecule has 1 aromatic heterocycles. The van der Waals surface area contributed by atoms with Crippen molar-refractivity contribution >= 4 is 36.6 Å². The van der Waals surface area contributed by atoms with Crippen molar-refractivity contribution in [1.29, 1.82) is 5.26 Å². The van der Waals surface area contributed by atoms with Crippen molar-refractivity contribution in [3.63, 3.8) is 0 Å². The van der Waals surface area contributed by atoms with Crippen LogP contribution >= 0.6 is 24.8 Å². The Hall–Kier alpha value is -3.59. The van der Waals surface area contributed by atoms with Crippen molar-refractivity contribution in [1.82, 2.24) is 19.4 Å². The number of piperidine rings is 1. The number of imidazole rings is 1. The third-order valence-corrected chi connectivity index (χ3v) is 7.40. The number of halogens is 5. The van der Waals surface area contributed by atoms with Crippen LogP contribution in [0.1, 0.15) is 41.6 Å². The molecular weight excluding hydrogens is 582 g/mol. The third-order valence-electron chi connectivity index (χ3n) is 7.40. The summed E-state index contributed by atoms with van der Waals surface area (Å²) >= 11 is 0. The maximum absolute atomic E-state index is 13.4. The minimum absolute atomic E-state index is 0. The molecule has 5 rings (SSSR count). The van der Waals surface area contributed by atoms with Crippen LogP contribution in [0, 0.1) is 16.7 Å². The van der Waals surface area contributed by atoms with E-state index < -0.39 is 11.8 Å². The van der Waals surface area contributed by atoms with E-state index in [0.717, 1.165) is 16.2 Å². The van der Waals surface area contributed by atoms with Crippen LogP contribution < -0.4 is 4.74 Å². The number of benzene rings is 2. The molecule has 8 nitrogen and oxygen atoms in total. The van der Waals surface area contributed by atoms with Crippen molar-refractivity contribution in [3.05, 3.63) is 83.4 Å². The quantitative estimate of drug-likeness (QED) is 0.347. The monoisotopic (exact) mass is 609 g/mol. The van der Waals surface area contributed by atoms with Gasteiger partial charge in [-0.3, -0.25) is 19.4 Å². The highest BCUT2D eigenvalue weighted by Crippen LogP contribution is 2.43. The van der Waals surface area contributed by atoms with Crippen LogP contribution in [0.15, 0.2) is 61.1 Å². The molecule has 0 atom stereocenters. The van der Waals surface area contributed by atoms with Gasteiger partial charge in [0.1, 0.15) is 5.75 Å². The molecule has 0 aliphatic carbocycles. The molecule has 3 aromatic rings. The zero-order valence-corrected chi connectivity index (χ0v) is 23.5. The molecule has 13 heteroatoms. The van der Waals surface area contributed by atoms with E-state index in [-0.39, 0.29) is 55.3 Å². The summed E-state index contributed by atoms with van der Waals surface area (Å²) in [5.41, 5.74) is 2.29. The molecule has 0 saturated carbocycles. The second-order valence-corrected chi connectivity index (χ2v) is 10.0. The number of carbonyl (C=O) groups is 2. The number of carbonyl (C=O) groups excluding carboxylic acids is 2. The average Bonchev–Trinajstić information content (AvgIpc) is 3.42. The third kappa shape index (κ3) is 7.38. The molecule has 218 valence electrons. The number of nitrogens with zero attached hydrogens (tertiary/aromatic N) is 5. The van der Waals surface area contributed by atoms with Crippen molar-refractivity contribution in [2.45, 2.75) is 45.3 Å². The van der Waals surface area contributed by atoms with Crippen LogP contribution in [-0.4, -0.2) is 50.6 Å².